The third-order valence-corrected chi connectivity index (χ3v) is 4.47. The fourth-order valence-electron chi connectivity index (χ4n) is 3.20. The number of rotatable bonds is 4. The van der Waals surface area contributed by atoms with E-state index in [9.17, 15) is 0 Å². The highest BCUT2D eigenvalue weighted by molar-refractivity contribution is 5.33. The SMILES string of the molecule is CCC(C)[C@@H](c1ccc(C)cc1C)N1CCNCC1. The zero-order chi connectivity index (χ0) is 13.8. The van der Waals surface area contributed by atoms with Crippen LogP contribution in [0.2, 0.25) is 0 Å². The number of benzene rings is 1. The molecule has 1 aliphatic heterocycles. The van der Waals surface area contributed by atoms with Gasteiger partial charge in [-0.25, -0.2) is 0 Å². The first-order valence-corrected chi connectivity index (χ1v) is 7.65. The second kappa shape index (κ2) is 6.53. The van der Waals surface area contributed by atoms with E-state index in [2.05, 4.69) is 56.1 Å². The summed E-state index contributed by atoms with van der Waals surface area (Å²) in [6.07, 6.45) is 1.24. The van der Waals surface area contributed by atoms with E-state index in [-0.39, 0.29) is 0 Å². The minimum Gasteiger partial charge on any atom is -0.314 e. The van der Waals surface area contributed by atoms with Gasteiger partial charge in [0.05, 0.1) is 0 Å². The molecule has 2 nitrogen and oxygen atoms in total. The van der Waals surface area contributed by atoms with E-state index < -0.39 is 0 Å². The van der Waals surface area contributed by atoms with Crippen molar-refractivity contribution in [2.45, 2.75) is 40.2 Å². The average Bonchev–Trinajstić information content (AvgIpc) is 2.42. The molecule has 19 heavy (non-hydrogen) atoms. The highest BCUT2D eigenvalue weighted by Gasteiger charge is 2.27. The number of hydrogen-bond acceptors (Lipinski definition) is 2. The lowest BCUT2D eigenvalue weighted by Crippen LogP contribution is -2.46. The molecule has 1 heterocycles. The van der Waals surface area contributed by atoms with E-state index in [0.717, 1.165) is 13.1 Å². The van der Waals surface area contributed by atoms with Gasteiger partial charge in [0.25, 0.3) is 0 Å². The zero-order valence-electron chi connectivity index (χ0n) is 12.9. The van der Waals surface area contributed by atoms with Crippen LogP contribution in [0.4, 0.5) is 0 Å². The Hall–Kier alpha value is -0.860. The Kier molecular flexibility index (Phi) is 5.00. The standard InChI is InChI=1S/C17H28N2/c1-5-14(3)17(19-10-8-18-9-11-19)16-7-6-13(2)12-15(16)4/h6-7,12,14,17-18H,5,8-11H2,1-4H3/t14?,17-/m0/s1. The molecular weight excluding hydrogens is 232 g/mol. The lowest BCUT2D eigenvalue weighted by molar-refractivity contribution is 0.128. The van der Waals surface area contributed by atoms with Crippen LogP contribution in [0.15, 0.2) is 18.2 Å². The summed E-state index contributed by atoms with van der Waals surface area (Å²) in [5.41, 5.74) is 4.34. The molecule has 0 radical (unpaired) electrons. The van der Waals surface area contributed by atoms with Gasteiger partial charge in [-0.2, -0.15) is 0 Å². The second-order valence-electron chi connectivity index (χ2n) is 5.98. The third kappa shape index (κ3) is 3.37. The van der Waals surface area contributed by atoms with Crippen molar-refractivity contribution in [2.75, 3.05) is 26.2 Å². The molecule has 1 N–H and O–H groups in total. The molecule has 0 aromatic heterocycles. The Morgan fingerprint density at radius 1 is 1.21 bits per heavy atom. The van der Waals surface area contributed by atoms with Crippen LogP contribution in [0.25, 0.3) is 0 Å². The van der Waals surface area contributed by atoms with Gasteiger partial charge in [-0.1, -0.05) is 44.0 Å². The summed E-state index contributed by atoms with van der Waals surface area (Å²) in [6.45, 7) is 13.7. The normalized spacial score (nSPS) is 20.2. The summed E-state index contributed by atoms with van der Waals surface area (Å²) in [7, 11) is 0. The molecule has 2 atom stereocenters. The van der Waals surface area contributed by atoms with Gasteiger partial charge in [0.15, 0.2) is 0 Å². The van der Waals surface area contributed by atoms with Crippen molar-refractivity contribution in [1.82, 2.24) is 10.2 Å². The van der Waals surface area contributed by atoms with Crippen molar-refractivity contribution >= 4 is 0 Å². The maximum Gasteiger partial charge on any atom is 0.0377 e. The van der Waals surface area contributed by atoms with Gasteiger partial charge < -0.3 is 5.32 Å². The molecule has 0 spiro atoms. The molecule has 2 heteroatoms. The lowest BCUT2D eigenvalue weighted by Gasteiger charge is -2.39. The third-order valence-electron chi connectivity index (χ3n) is 4.47. The van der Waals surface area contributed by atoms with Crippen molar-refractivity contribution in [3.63, 3.8) is 0 Å². The highest BCUT2D eigenvalue weighted by atomic mass is 15.2. The number of piperazine rings is 1. The monoisotopic (exact) mass is 260 g/mol. The van der Waals surface area contributed by atoms with Crippen LogP contribution in [-0.4, -0.2) is 31.1 Å². The second-order valence-corrected chi connectivity index (χ2v) is 5.98. The van der Waals surface area contributed by atoms with Crippen LogP contribution in [0.5, 0.6) is 0 Å². The molecule has 1 unspecified atom stereocenters. The van der Waals surface area contributed by atoms with Gasteiger partial charge in [-0.3, -0.25) is 4.90 Å². The number of nitrogens with one attached hydrogen (secondary N) is 1. The average molecular weight is 260 g/mol. The van der Waals surface area contributed by atoms with Crippen molar-refractivity contribution in [1.29, 1.82) is 0 Å². The Labute approximate surface area is 118 Å². The Morgan fingerprint density at radius 3 is 2.47 bits per heavy atom. The van der Waals surface area contributed by atoms with Crippen LogP contribution in [0.3, 0.4) is 0 Å². The molecule has 0 amide bonds. The number of hydrogen-bond donors (Lipinski definition) is 1. The zero-order valence-corrected chi connectivity index (χ0v) is 12.9. The highest BCUT2D eigenvalue weighted by Crippen LogP contribution is 2.33. The van der Waals surface area contributed by atoms with E-state index in [0.29, 0.717) is 12.0 Å². The summed E-state index contributed by atoms with van der Waals surface area (Å²) < 4.78 is 0. The van der Waals surface area contributed by atoms with E-state index >= 15 is 0 Å². The van der Waals surface area contributed by atoms with E-state index in [1.54, 1.807) is 0 Å². The van der Waals surface area contributed by atoms with Gasteiger partial charge in [0, 0.05) is 32.2 Å². The van der Waals surface area contributed by atoms with E-state index in [1.807, 2.05) is 0 Å². The molecule has 1 saturated heterocycles. The first-order valence-electron chi connectivity index (χ1n) is 7.65. The number of nitrogens with zero attached hydrogens (tertiary/aromatic N) is 1. The smallest absolute Gasteiger partial charge is 0.0377 e. The molecule has 0 bridgehead atoms. The van der Waals surface area contributed by atoms with Crippen molar-refractivity contribution in [3.8, 4) is 0 Å². The largest absolute Gasteiger partial charge is 0.314 e. The van der Waals surface area contributed by atoms with Gasteiger partial charge in [-0.15, -0.1) is 0 Å². The molecule has 2 rings (SSSR count). The molecule has 1 aromatic carbocycles. The number of aryl methyl sites for hydroxylation is 2. The summed E-state index contributed by atoms with van der Waals surface area (Å²) in [4.78, 5) is 2.67. The molecule has 1 aliphatic rings. The first kappa shape index (κ1) is 14.5. The van der Waals surface area contributed by atoms with Crippen LogP contribution in [0, 0.1) is 19.8 Å². The lowest BCUT2D eigenvalue weighted by atomic mass is 9.87. The maximum atomic E-state index is 3.46. The van der Waals surface area contributed by atoms with Crippen molar-refractivity contribution in [3.05, 3.63) is 34.9 Å². The van der Waals surface area contributed by atoms with Crippen LogP contribution in [-0.2, 0) is 0 Å². The molecule has 1 aromatic rings. The summed E-state index contributed by atoms with van der Waals surface area (Å²) in [6, 6.07) is 7.52. The first-order chi connectivity index (χ1) is 9.13. The maximum absolute atomic E-state index is 3.46. The fourth-order valence-corrected chi connectivity index (χ4v) is 3.20. The van der Waals surface area contributed by atoms with Gasteiger partial charge in [-0.05, 0) is 30.9 Å². The van der Waals surface area contributed by atoms with Gasteiger partial charge in [0.2, 0.25) is 0 Å². The topological polar surface area (TPSA) is 15.3 Å². The summed E-state index contributed by atoms with van der Waals surface area (Å²) in [5, 5.41) is 3.46. The van der Waals surface area contributed by atoms with Crippen LogP contribution in [0.1, 0.15) is 43.0 Å². The van der Waals surface area contributed by atoms with Crippen molar-refractivity contribution < 1.29 is 0 Å². The summed E-state index contributed by atoms with van der Waals surface area (Å²) >= 11 is 0. The molecule has 0 saturated carbocycles. The predicted molar refractivity (Wildman–Crippen MR) is 82.6 cm³/mol. The van der Waals surface area contributed by atoms with E-state index in [1.165, 1.54) is 36.2 Å². The minimum absolute atomic E-state index is 0.577. The van der Waals surface area contributed by atoms with Crippen LogP contribution < -0.4 is 5.32 Å². The predicted octanol–water partition coefficient (Wildman–Crippen LogP) is 3.30. The molecule has 106 valence electrons. The molecule has 1 fully saturated rings. The summed E-state index contributed by atoms with van der Waals surface area (Å²) in [5.74, 6) is 0.708. The van der Waals surface area contributed by atoms with Gasteiger partial charge >= 0.3 is 0 Å². The molecular formula is C17H28N2. The Balaban J connectivity index is 2.30. The molecule has 0 aliphatic carbocycles. The van der Waals surface area contributed by atoms with Gasteiger partial charge in [0.1, 0.15) is 0 Å². The van der Waals surface area contributed by atoms with Crippen molar-refractivity contribution in [2.24, 2.45) is 5.92 Å². The van der Waals surface area contributed by atoms with Crippen LogP contribution >= 0.6 is 0 Å². The minimum atomic E-state index is 0.577. The fraction of sp³-hybridized carbons (Fsp3) is 0.647. The Bertz CT molecular complexity index is 408. The Morgan fingerprint density at radius 2 is 1.89 bits per heavy atom. The van der Waals surface area contributed by atoms with E-state index in [4.69, 9.17) is 0 Å². The quantitative estimate of drug-likeness (QED) is 0.893.